The molecule has 3 rings (SSSR count). The van der Waals surface area contributed by atoms with Crippen LogP contribution in [0.5, 0.6) is 11.5 Å². The van der Waals surface area contributed by atoms with Crippen LogP contribution in [0.2, 0.25) is 0 Å². The van der Waals surface area contributed by atoms with E-state index in [2.05, 4.69) is 18.2 Å². The minimum atomic E-state index is 0.359. The minimum absolute atomic E-state index is 0.359. The molecule has 1 aromatic carbocycles. The van der Waals surface area contributed by atoms with E-state index in [0.29, 0.717) is 6.79 Å². The molecule has 1 aromatic rings. The SMILES string of the molecule is C1=C(c2ccc3c(c2)OCO3)CCCC1. The fourth-order valence-electron chi connectivity index (χ4n) is 2.20. The lowest BCUT2D eigenvalue weighted by Gasteiger charge is -2.13. The van der Waals surface area contributed by atoms with Crippen LogP contribution in [0.25, 0.3) is 5.57 Å². The van der Waals surface area contributed by atoms with Crippen LogP contribution in [0.4, 0.5) is 0 Å². The summed E-state index contributed by atoms with van der Waals surface area (Å²) in [6.07, 6.45) is 7.39. The van der Waals surface area contributed by atoms with Crippen LogP contribution in [0.1, 0.15) is 31.2 Å². The maximum atomic E-state index is 5.38. The van der Waals surface area contributed by atoms with Crippen LogP contribution in [-0.4, -0.2) is 6.79 Å². The van der Waals surface area contributed by atoms with Gasteiger partial charge in [0.25, 0.3) is 0 Å². The van der Waals surface area contributed by atoms with Crippen LogP contribution in [-0.2, 0) is 0 Å². The Bertz CT molecular complexity index is 407. The molecule has 0 saturated carbocycles. The Morgan fingerprint density at radius 1 is 1.00 bits per heavy atom. The first-order valence-corrected chi connectivity index (χ1v) is 5.52. The van der Waals surface area contributed by atoms with E-state index in [1.807, 2.05) is 6.07 Å². The van der Waals surface area contributed by atoms with Crippen LogP contribution in [0.3, 0.4) is 0 Å². The fraction of sp³-hybridized carbons (Fsp3) is 0.385. The highest BCUT2D eigenvalue weighted by Crippen LogP contribution is 2.36. The molecule has 2 nitrogen and oxygen atoms in total. The van der Waals surface area contributed by atoms with Gasteiger partial charge in [-0.05, 0) is 49.0 Å². The molecular weight excluding hydrogens is 188 g/mol. The highest BCUT2D eigenvalue weighted by molar-refractivity contribution is 5.68. The standard InChI is InChI=1S/C13H14O2/c1-2-4-10(5-3-1)11-6-7-12-13(8-11)15-9-14-12/h4,6-8H,1-3,5,9H2. The van der Waals surface area contributed by atoms with Crippen molar-refractivity contribution in [1.82, 2.24) is 0 Å². The predicted molar refractivity (Wildman–Crippen MR) is 59.0 cm³/mol. The summed E-state index contributed by atoms with van der Waals surface area (Å²) in [7, 11) is 0. The first-order chi connectivity index (χ1) is 7.43. The van der Waals surface area contributed by atoms with Gasteiger partial charge in [0.05, 0.1) is 0 Å². The van der Waals surface area contributed by atoms with Crippen LogP contribution in [0, 0.1) is 0 Å². The van der Waals surface area contributed by atoms with E-state index in [9.17, 15) is 0 Å². The van der Waals surface area contributed by atoms with Crippen LogP contribution < -0.4 is 9.47 Å². The van der Waals surface area contributed by atoms with E-state index in [4.69, 9.17) is 9.47 Å². The molecule has 0 aromatic heterocycles. The number of rotatable bonds is 1. The number of allylic oxidation sites excluding steroid dienone is 2. The van der Waals surface area contributed by atoms with Gasteiger partial charge in [0, 0.05) is 0 Å². The molecule has 1 aliphatic carbocycles. The zero-order chi connectivity index (χ0) is 10.1. The number of fused-ring (bicyclic) bond motifs is 1. The smallest absolute Gasteiger partial charge is 0.231 e. The van der Waals surface area contributed by atoms with Gasteiger partial charge in [-0.1, -0.05) is 12.1 Å². The summed E-state index contributed by atoms with van der Waals surface area (Å²) < 4.78 is 10.7. The Labute approximate surface area is 89.5 Å². The second-order valence-electron chi connectivity index (χ2n) is 4.04. The molecule has 1 aliphatic heterocycles. The molecule has 0 amide bonds. The molecule has 78 valence electrons. The molecule has 0 N–H and O–H groups in total. The molecule has 1 heterocycles. The van der Waals surface area contributed by atoms with Gasteiger partial charge in [0.1, 0.15) is 0 Å². The molecule has 0 fully saturated rings. The van der Waals surface area contributed by atoms with Crippen molar-refractivity contribution in [2.75, 3.05) is 6.79 Å². The third-order valence-electron chi connectivity index (χ3n) is 3.03. The molecule has 0 radical (unpaired) electrons. The quantitative estimate of drug-likeness (QED) is 0.695. The topological polar surface area (TPSA) is 18.5 Å². The van der Waals surface area contributed by atoms with Crippen molar-refractivity contribution < 1.29 is 9.47 Å². The van der Waals surface area contributed by atoms with E-state index < -0.39 is 0 Å². The van der Waals surface area contributed by atoms with Crippen molar-refractivity contribution >= 4 is 5.57 Å². The second kappa shape index (κ2) is 3.61. The van der Waals surface area contributed by atoms with E-state index in [1.165, 1.54) is 36.8 Å². The third-order valence-corrected chi connectivity index (χ3v) is 3.03. The average molecular weight is 202 g/mol. The highest BCUT2D eigenvalue weighted by Gasteiger charge is 2.15. The van der Waals surface area contributed by atoms with E-state index in [0.717, 1.165) is 11.5 Å². The lowest BCUT2D eigenvalue weighted by Crippen LogP contribution is -1.93. The first-order valence-electron chi connectivity index (χ1n) is 5.52. The van der Waals surface area contributed by atoms with Gasteiger partial charge in [-0.2, -0.15) is 0 Å². The summed E-state index contributed by atoms with van der Waals surface area (Å²) in [5, 5.41) is 0. The maximum absolute atomic E-state index is 5.38. The van der Waals surface area contributed by atoms with Gasteiger partial charge in [-0.25, -0.2) is 0 Å². The fourth-order valence-corrected chi connectivity index (χ4v) is 2.20. The number of benzene rings is 1. The summed E-state index contributed by atoms with van der Waals surface area (Å²) in [6, 6.07) is 6.23. The van der Waals surface area contributed by atoms with Crippen molar-refractivity contribution in [3.63, 3.8) is 0 Å². The van der Waals surface area contributed by atoms with Crippen molar-refractivity contribution in [3.05, 3.63) is 29.8 Å². The molecular formula is C13H14O2. The van der Waals surface area contributed by atoms with Crippen molar-refractivity contribution in [2.24, 2.45) is 0 Å². The van der Waals surface area contributed by atoms with Crippen LogP contribution >= 0.6 is 0 Å². The lowest BCUT2D eigenvalue weighted by atomic mass is 9.93. The average Bonchev–Trinajstić information content (AvgIpc) is 2.77. The third kappa shape index (κ3) is 1.60. The minimum Gasteiger partial charge on any atom is -0.454 e. The van der Waals surface area contributed by atoms with Crippen LogP contribution in [0.15, 0.2) is 24.3 Å². The lowest BCUT2D eigenvalue weighted by molar-refractivity contribution is 0.174. The molecule has 0 unspecified atom stereocenters. The second-order valence-corrected chi connectivity index (χ2v) is 4.04. The Balaban J connectivity index is 1.95. The molecule has 2 aliphatic rings. The Morgan fingerprint density at radius 2 is 1.93 bits per heavy atom. The van der Waals surface area contributed by atoms with E-state index in [1.54, 1.807) is 0 Å². The summed E-state index contributed by atoms with van der Waals surface area (Å²) in [6.45, 7) is 0.359. The molecule has 0 saturated heterocycles. The monoisotopic (exact) mass is 202 g/mol. The van der Waals surface area contributed by atoms with Crippen molar-refractivity contribution in [3.8, 4) is 11.5 Å². The summed E-state index contributed by atoms with van der Waals surface area (Å²) >= 11 is 0. The number of ether oxygens (including phenoxy) is 2. The summed E-state index contributed by atoms with van der Waals surface area (Å²) in [5.41, 5.74) is 2.75. The van der Waals surface area contributed by atoms with Crippen molar-refractivity contribution in [1.29, 1.82) is 0 Å². The molecule has 0 atom stereocenters. The van der Waals surface area contributed by atoms with Gasteiger partial charge in [0.15, 0.2) is 11.5 Å². The normalized spacial score (nSPS) is 18.8. The Hall–Kier alpha value is -1.44. The van der Waals surface area contributed by atoms with Gasteiger partial charge in [-0.3, -0.25) is 0 Å². The highest BCUT2D eigenvalue weighted by atomic mass is 16.7. The van der Waals surface area contributed by atoms with Gasteiger partial charge >= 0.3 is 0 Å². The zero-order valence-electron chi connectivity index (χ0n) is 8.66. The number of hydrogen-bond donors (Lipinski definition) is 0. The van der Waals surface area contributed by atoms with Gasteiger partial charge in [-0.15, -0.1) is 0 Å². The molecule has 0 spiro atoms. The molecule has 0 bridgehead atoms. The number of hydrogen-bond acceptors (Lipinski definition) is 2. The molecule has 15 heavy (non-hydrogen) atoms. The predicted octanol–water partition coefficient (Wildman–Crippen LogP) is 3.37. The summed E-state index contributed by atoms with van der Waals surface area (Å²) in [5.74, 6) is 1.76. The summed E-state index contributed by atoms with van der Waals surface area (Å²) in [4.78, 5) is 0. The zero-order valence-corrected chi connectivity index (χ0v) is 8.66. The van der Waals surface area contributed by atoms with E-state index >= 15 is 0 Å². The first kappa shape index (κ1) is 8.84. The van der Waals surface area contributed by atoms with Gasteiger partial charge in [0.2, 0.25) is 6.79 Å². The van der Waals surface area contributed by atoms with Crippen molar-refractivity contribution in [2.45, 2.75) is 25.7 Å². The Morgan fingerprint density at radius 3 is 2.80 bits per heavy atom. The van der Waals surface area contributed by atoms with E-state index in [-0.39, 0.29) is 0 Å². The largest absolute Gasteiger partial charge is 0.454 e. The maximum Gasteiger partial charge on any atom is 0.231 e. The van der Waals surface area contributed by atoms with Gasteiger partial charge < -0.3 is 9.47 Å². The Kier molecular flexibility index (Phi) is 2.13. The molecule has 2 heteroatoms.